The molecule has 0 bridgehead atoms. The number of unbranched alkanes of at least 4 members (excludes halogenated alkanes) is 10. The van der Waals surface area contributed by atoms with Crippen molar-refractivity contribution in [3.8, 4) is 0 Å². The molecule has 0 aliphatic heterocycles. The van der Waals surface area contributed by atoms with Gasteiger partial charge < -0.3 is 14.5 Å². The minimum atomic E-state index is -4.29. The minimum absolute atomic E-state index is 0.133. The molecule has 0 aliphatic carbocycles. The van der Waals surface area contributed by atoms with Gasteiger partial charge in [0.2, 0.25) is 0 Å². The third kappa shape index (κ3) is 19.4. The van der Waals surface area contributed by atoms with E-state index in [1.165, 1.54) is 38.2 Å². The summed E-state index contributed by atoms with van der Waals surface area (Å²) in [5, 5.41) is 0. The summed E-state index contributed by atoms with van der Waals surface area (Å²) < 4.78 is 19.9. The second kappa shape index (κ2) is 15.8. The highest BCUT2D eigenvalue weighted by molar-refractivity contribution is 7.46. The predicted octanol–water partition coefficient (Wildman–Crippen LogP) is 4.51. The van der Waals surface area contributed by atoms with Gasteiger partial charge in [0.1, 0.15) is 0 Å². The monoisotopic (exact) mass is 364 g/mol. The Labute approximate surface area is 145 Å². The third-order valence-electron chi connectivity index (χ3n) is 3.60. The molecule has 0 saturated carbocycles. The zero-order chi connectivity index (χ0) is 18.1. The highest BCUT2D eigenvalue weighted by Crippen LogP contribution is 2.35. The maximum atomic E-state index is 11.1. The average molecular weight is 364 g/mol. The Morgan fingerprint density at radius 1 is 0.833 bits per heavy atom. The van der Waals surface area contributed by atoms with Crippen molar-refractivity contribution < 1.29 is 28.4 Å². The van der Waals surface area contributed by atoms with Crippen molar-refractivity contribution in [2.45, 2.75) is 77.6 Å². The molecule has 0 amide bonds. The lowest BCUT2D eigenvalue weighted by molar-refractivity contribution is -0.137. The van der Waals surface area contributed by atoms with E-state index in [4.69, 9.17) is 14.5 Å². The van der Waals surface area contributed by atoms with Gasteiger partial charge in [0.25, 0.3) is 0 Å². The van der Waals surface area contributed by atoms with E-state index in [9.17, 15) is 9.36 Å². The normalized spacial score (nSPS) is 12.0. The van der Waals surface area contributed by atoms with Gasteiger partial charge in [0, 0.05) is 6.08 Å². The van der Waals surface area contributed by atoms with Crippen molar-refractivity contribution in [1.29, 1.82) is 0 Å². The van der Waals surface area contributed by atoms with Crippen LogP contribution in [0.5, 0.6) is 0 Å². The van der Waals surface area contributed by atoms with Crippen LogP contribution in [0.3, 0.4) is 0 Å². The molecule has 0 fully saturated rings. The van der Waals surface area contributed by atoms with Gasteiger partial charge in [-0.2, -0.15) is 0 Å². The molecule has 0 aromatic rings. The number of ether oxygens (including phenoxy) is 1. The van der Waals surface area contributed by atoms with Crippen molar-refractivity contribution in [2.24, 2.45) is 0 Å². The van der Waals surface area contributed by atoms with Crippen LogP contribution >= 0.6 is 7.82 Å². The van der Waals surface area contributed by atoms with Crippen molar-refractivity contribution in [2.75, 3.05) is 13.2 Å². The van der Waals surface area contributed by atoms with Gasteiger partial charge in [-0.1, -0.05) is 63.9 Å². The van der Waals surface area contributed by atoms with Gasteiger partial charge in [-0.05, 0) is 19.8 Å². The first kappa shape index (κ1) is 23.3. The number of hydrogen-bond acceptors (Lipinski definition) is 4. The molecule has 0 atom stereocenters. The second-order valence-corrected chi connectivity index (χ2v) is 7.12. The van der Waals surface area contributed by atoms with Crippen molar-refractivity contribution in [1.82, 2.24) is 0 Å². The third-order valence-corrected chi connectivity index (χ3v) is 4.11. The van der Waals surface area contributed by atoms with E-state index in [0.717, 1.165) is 32.1 Å². The molecule has 0 heterocycles. The first-order valence-corrected chi connectivity index (χ1v) is 10.5. The number of carbonyl (C=O) groups excluding carboxylic acids is 1. The van der Waals surface area contributed by atoms with E-state index in [2.05, 4.69) is 4.52 Å². The summed E-state index contributed by atoms with van der Waals surface area (Å²) in [4.78, 5) is 28.1. The minimum Gasteiger partial charge on any atom is -0.463 e. The fourth-order valence-electron chi connectivity index (χ4n) is 2.34. The zero-order valence-electron chi connectivity index (χ0n) is 14.8. The van der Waals surface area contributed by atoms with Gasteiger partial charge in [-0.3, -0.25) is 4.52 Å². The van der Waals surface area contributed by atoms with Crippen molar-refractivity contribution in [3.63, 3.8) is 0 Å². The molecule has 0 aliphatic rings. The Morgan fingerprint density at radius 2 is 1.25 bits per heavy atom. The quantitative estimate of drug-likeness (QED) is 0.181. The van der Waals surface area contributed by atoms with Gasteiger partial charge in [0.15, 0.2) is 0 Å². The second-order valence-electron chi connectivity index (χ2n) is 5.88. The van der Waals surface area contributed by atoms with Crippen LogP contribution in [0.1, 0.15) is 77.6 Å². The van der Waals surface area contributed by atoms with Crippen LogP contribution in [0, 0.1) is 0 Å². The lowest BCUT2D eigenvalue weighted by Crippen LogP contribution is -2.01. The standard InChI is InChI=1S/C17H33O6P/c1-2-14-17(18)22-15-12-10-8-6-4-3-5-7-9-11-13-16-23-24(19,20)21/h2,14H,3-13,15-16H2,1H3,(H2,19,20,21). The lowest BCUT2D eigenvalue weighted by atomic mass is 10.1. The molecule has 2 N–H and O–H groups in total. The maximum Gasteiger partial charge on any atom is 0.469 e. The summed E-state index contributed by atoms with van der Waals surface area (Å²) in [7, 11) is -4.29. The van der Waals surface area contributed by atoms with E-state index >= 15 is 0 Å². The highest BCUT2D eigenvalue weighted by atomic mass is 31.2. The average Bonchev–Trinajstić information content (AvgIpc) is 2.50. The molecule has 0 radical (unpaired) electrons. The van der Waals surface area contributed by atoms with Crippen LogP contribution in [0.25, 0.3) is 0 Å². The fourth-order valence-corrected chi connectivity index (χ4v) is 2.70. The number of rotatable bonds is 16. The maximum absolute atomic E-state index is 11.1. The first-order valence-electron chi connectivity index (χ1n) is 8.95. The zero-order valence-corrected chi connectivity index (χ0v) is 15.7. The number of phosphoric ester groups is 1. The van der Waals surface area contributed by atoms with Crippen molar-refractivity contribution >= 4 is 13.8 Å². The Kier molecular flexibility index (Phi) is 15.4. The molecule has 7 heteroatoms. The summed E-state index contributed by atoms with van der Waals surface area (Å²) in [6.07, 6.45) is 15.1. The van der Waals surface area contributed by atoms with E-state index < -0.39 is 7.82 Å². The fraction of sp³-hybridized carbons (Fsp3) is 0.824. The van der Waals surface area contributed by atoms with Crippen LogP contribution in [-0.2, 0) is 18.6 Å². The SMILES string of the molecule is CC=CC(=O)OCCCCCCCCCCCCCOP(=O)(O)O. The Hall–Kier alpha value is -0.680. The molecule has 142 valence electrons. The van der Waals surface area contributed by atoms with Crippen LogP contribution in [-0.4, -0.2) is 29.0 Å². The molecule has 0 saturated heterocycles. The summed E-state index contributed by atoms with van der Waals surface area (Å²) in [5.74, 6) is -0.259. The Balaban J connectivity index is 3.13. The molecule has 0 aromatic heterocycles. The number of phosphoric acid groups is 1. The predicted molar refractivity (Wildman–Crippen MR) is 94.6 cm³/mol. The molecule has 24 heavy (non-hydrogen) atoms. The summed E-state index contributed by atoms with van der Waals surface area (Å²) in [6.45, 7) is 2.44. The molecule has 0 spiro atoms. The van der Waals surface area contributed by atoms with Crippen LogP contribution in [0.4, 0.5) is 0 Å². The van der Waals surface area contributed by atoms with E-state index in [1.807, 2.05) is 0 Å². The number of hydrogen-bond donors (Lipinski definition) is 2. The molecule has 0 aromatic carbocycles. The largest absolute Gasteiger partial charge is 0.469 e. The first-order chi connectivity index (χ1) is 11.5. The summed E-state index contributed by atoms with van der Waals surface area (Å²) in [5.41, 5.74) is 0. The summed E-state index contributed by atoms with van der Waals surface area (Å²) in [6, 6.07) is 0. The van der Waals surface area contributed by atoms with Crippen LogP contribution < -0.4 is 0 Å². The topological polar surface area (TPSA) is 93.1 Å². The molecule has 6 nitrogen and oxygen atoms in total. The molecular formula is C17H33O6P. The van der Waals surface area contributed by atoms with Crippen LogP contribution in [0.2, 0.25) is 0 Å². The molecule has 0 rings (SSSR count). The number of esters is 1. The van der Waals surface area contributed by atoms with E-state index in [0.29, 0.717) is 13.0 Å². The number of allylic oxidation sites excluding steroid dienone is 1. The van der Waals surface area contributed by atoms with Gasteiger partial charge in [-0.15, -0.1) is 0 Å². The molecule has 0 unspecified atom stereocenters. The van der Waals surface area contributed by atoms with E-state index in [1.54, 1.807) is 13.0 Å². The van der Waals surface area contributed by atoms with Gasteiger partial charge >= 0.3 is 13.8 Å². The Bertz CT molecular complexity index is 377. The smallest absolute Gasteiger partial charge is 0.463 e. The van der Waals surface area contributed by atoms with Crippen LogP contribution in [0.15, 0.2) is 12.2 Å². The Morgan fingerprint density at radius 3 is 1.67 bits per heavy atom. The van der Waals surface area contributed by atoms with Crippen molar-refractivity contribution in [3.05, 3.63) is 12.2 Å². The number of carbonyl (C=O) groups is 1. The van der Waals surface area contributed by atoms with Gasteiger partial charge in [0.05, 0.1) is 13.2 Å². The van der Waals surface area contributed by atoms with Gasteiger partial charge in [-0.25, -0.2) is 9.36 Å². The summed E-state index contributed by atoms with van der Waals surface area (Å²) >= 11 is 0. The van der Waals surface area contributed by atoms with E-state index in [-0.39, 0.29) is 12.6 Å². The lowest BCUT2D eigenvalue weighted by Gasteiger charge is -2.05. The molecular weight excluding hydrogens is 331 g/mol. The highest BCUT2D eigenvalue weighted by Gasteiger charge is 2.12.